The van der Waals surface area contributed by atoms with Crippen LogP contribution in [-0.4, -0.2) is 46.0 Å². The smallest absolute Gasteiger partial charge is 0.414 e. The summed E-state index contributed by atoms with van der Waals surface area (Å²) in [7, 11) is 0. The number of hydrogen-bond donors (Lipinski definition) is 3. The Bertz CT molecular complexity index is 1210. The minimum absolute atomic E-state index is 0.00418. The van der Waals surface area contributed by atoms with E-state index >= 15 is 0 Å². The van der Waals surface area contributed by atoms with E-state index in [2.05, 4.69) is 15.4 Å². The molecule has 1 fully saturated rings. The van der Waals surface area contributed by atoms with Gasteiger partial charge >= 0.3 is 6.09 Å². The molecule has 1 aliphatic heterocycles. The molecule has 36 heavy (non-hydrogen) atoms. The molecule has 0 aliphatic carbocycles. The number of phenols is 2. The molecule has 0 saturated carbocycles. The summed E-state index contributed by atoms with van der Waals surface area (Å²) in [5.41, 5.74) is 2.98. The number of likely N-dealkylation sites (tertiary alicyclic amines) is 1. The summed E-state index contributed by atoms with van der Waals surface area (Å²) in [4.78, 5) is 14.7. The van der Waals surface area contributed by atoms with Crippen LogP contribution in [0.3, 0.4) is 0 Å². The lowest BCUT2D eigenvalue weighted by molar-refractivity contribution is 0.196. The van der Waals surface area contributed by atoms with Crippen LogP contribution in [0.25, 0.3) is 22.5 Å². The van der Waals surface area contributed by atoms with Gasteiger partial charge in [-0.2, -0.15) is 0 Å². The molecule has 1 aliphatic rings. The monoisotopic (exact) mass is 493 g/mol. The highest BCUT2D eigenvalue weighted by Gasteiger charge is 2.28. The Morgan fingerprint density at radius 2 is 1.78 bits per heavy atom. The first kappa shape index (κ1) is 25.6. The Labute approximate surface area is 211 Å². The molecule has 0 atom stereocenters. The van der Waals surface area contributed by atoms with Gasteiger partial charge in [-0.25, -0.2) is 4.79 Å². The molecule has 3 aromatic rings. The van der Waals surface area contributed by atoms with E-state index in [1.165, 1.54) is 30.9 Å². The number of ether oxygens (including phenoxy) is 1. The first-order valence-electron chi connectivity index (χ1n) is 12.5. The zero-order chi connectivity index (χ0) is 25.9. The van der Waals surface area contributed by atoms with Gasteiger partial charge in [0.2, 0.25) is 0 Å². The average Bonchev–Trinajstić information content (AvgIpc) is 3.22. The maximum absolute atomic E-state index is 12.2. The summed E-state index contributed by atoms with van der Waals surface area (Å²) in [6.07, 6.45) is 3.11. The molecule has 0 bridgehead atoms. The number of hydrogen-bond acceptors (Lipinski definition) is 7. The number of carbonyl (C=O) groups excluding carboxylic acids is 1. The maximum Gasteiger partial charge on any atom is 0.414 e. The molecule has 2 aromatic carbocycles. The van der Waals surface area contributed by atoms with Crippen molar-refractivity contribution >= 4 is 6.09 Å². The summed E-state index contributed by atoms with van der Waals surface area (Å²) in [5.74, 6) is 0.0837. The predicted octanol–water partition coefficient (Wildman–Crippen LogP) is 5.81. The van der Waals surface area contributed by atoms with E-state index in [0.717, 1.165) is 25.2 Å². The van der Waals surface area contributed by atoms with Crippen LogP contribution in [0.2, 0.25) is 0 Å². The van der Waals surface area contributed by atoms with Crippen molar-refractivity contribution < 1.29 is 24.3 Å². The molecule has 0 spiro atoms. The van der Waals surface area contributed by atoms with Gasteiger partial charge in [-0.05, 0) is 60.6 Å². The van der Waals surface area contributed by atoms with E-state index in [1.54, 1.807) is 13.0 Å². The number of piperidine rings is 1. The van der Waals surface area contributed by atoms with E-state index < -0.39 is 6.09 Å². The number of aromatic nitrogens is 1. The van der Waals surface area contributed by atoms with Crippen molar-refractivity contribution in [2.24, 2.45) is 0 Å². The number of rotatable bonds is 6. The quantitative estimate of drug-likeness (QED) is 0.398. The maximum atomic E-state index is 12.2. The highest BCUT2D eigenvalue weighted by Crippen LogP contribution is 2.46. The van der Waals surface area contributed by atoms with Crippen LogP contribution in [0.5, 0.6) is 17.4 Å². The first-order chi connectivity index (χ1) is 17.2. The second-order valence-electron chi connectivity index (χ2n) is 10.3. The molecule has 1 amide bonds. The van der Waals surface area contributed by atoms with Crippen LogP contribution in [0, 0.1) is 0 Å². The van der Waals surface area contributed by atoms with E-state index in [-0.39, 0.29) is 28.6 Å². The third-order valence-electron chi connectivity index (χ3n) is 6.44. The standard InChI is InChI=1S/C28H35N3O5/c1-5-29-27(34)35-26-24(19-11-9-18(10-12-19)17-31-13-7-6-8-14-31)25(36-30-26)20-15-21(28(2,3)4)23(33)16-22(20)32/h9-12,15-16,32-33H,5-8,13-14,17H2,1-4H3,(H,29,34). The zero-order valence-corrected chi connectivity index (χ0v) is 21.4. The number of phenolic OH excluding ortho intramolecular Hbond substituents is 2. The molecule has 3 N–H and O–H groups in total. The Morgan fingerprint density at radius 1 is 1.08 bits per heavy atom. The predicted molar refractivity (Wildman–Crippen MR) is 138 cm³/mol. The highest BCUT2D eigenvalue weighted by molar-refractivity contribution is 5.87. The van der Waals surface area contributed by atoms with E-state index in [9.17, 15) is 15.0 Å². The number of amides is 1. The Morgan fingerprint density at radius 3 is 2.42 bits per heavy atom. The van der Waals surface area contributed by atoms with Crippen LogP contribution in [0.1, 0.15) is 58.1 Å². The lowest BCUT2D eigenvalue weighted by Gasteiger charge is -2.26. The molecule has 0 unspecified atom stereocenters. The molecule has 8 nitrogen and oxygen atoms in total. The molecule has 8 heteroatoms. The summed E-state index contributed by atoms with van der Waals surface area (Å²) in [6.45, 7) is 11.2. The van der Waals surface area contributed by atoms with Crippen LogP contribution >= 0.6 is 0 Å². The minimum atomic E-state index is -0.648. The Balaban J connectivity index is 1.76. The summed E-state index contributed by atoms with van der Waals surface area (Å²) in [6, 6.07) is 11.0. The summed E-state index contributed by atoms with van der Waals surface area (Å²) in [5, 5.41) is 27.8. The van der Waals surface area contributed by atoms with Crippen LogP contribution < -0.4 is 10.1 Å². The third kappa shape index (κ3) is 5.65. The molecule has 192 valence electrons. The van der Waals surface area contributed by atoms with Crippen molar-refractivity contribution in [2.45, 2.75) is 58.9 Å². The minimum Gasteiger partial charge on any atom is -0.508 e. The molecule has 1 aromatic heterocycles. The number of benzene rings is 2. The van der Waals surface area contributed by atoms with Crippen molar-refractivity contribution in [1.29, 1.82) is 0 Å². The lowest BCUT2D eigenvalue weighted by Crippen LogP contribution is -2.29. The van der Waals surface area contributed by atoms with Gasteiger partial charge in [0.1, 0.15) is 11.5 Å². The lowest BCUT2D eigenvalue weighted by atomic mass is 9.84. The second-order valence-corrected chi connectivity index (χ2v) is 10.3. The van der Waals surface area contributed by atoms with Gasteiger partial charge < -0.3 is 24.8 Å². The number of nitrogens with zero attached hydrogens (tertiary/aromatic N) is 2. The van der Waals surface area contributed by atoms with Crippen molar-refractivity contribution in [3.63, 3.8) is 0 Å². The van der Waals surface area contributed by atoms with Crippen LogP contribution in [0.15, 0.2) is 40.9 Å². The Hall–Kier alpha value is -3.52. The number of nitrogens with one attached hydrogen (secondary N) is 1. The molecule has 0 radical (unpaired) electrons. The molecule has 2 heterocycles. The molecule has 4 rings (SSSR count). The first-order valence-corrected chi connectivity index (χ1v) is 12.5. The van der Waals surface area contributed by atoms with Crippen LogP contribution in [-0.2, 0) is 12.0 Å². The second kappa shape index (κ2) is 10.6. The summed E-state index contributed by atoms with van der Waals surface area (Å²) >= 11 is 0. The van der Waals surface area contributed by atoms with E-state index in [4.69, 9.17) is 9.26 Å². The van der Waals surface area contributed by atoms with Crippen molar-refractivity contribution in [3.05, 3.63) is 47.5 Å². The van der Waals surface area contributed by atoms with Gasteiger partial charge in [0, 0.05) is 24.7 Å². The van der Waals surface area contributed by atoms with Gasteiger partial charge in [-0.1, -0.05) is 51.5 Å². The van der Waals surface area contributed by atoms with Gasteiger partial charge in [-0.15, -0.1) is 0 Å². The Kier molecular flexibility index (Phi) is 7.54. The fourth-order valence-corrected chi connectivity index (χ4v) is 4.56. The van der Waals surface area contributed by atoms with Gasteiger partial charge in [0.25, 0.3) is 5.88 Å². The van der Waals surface area contributed by atoms with E-state index in [0.29, 0.717) is 23.2 Å². The van der Waals surface area contributed by atoms with Crippen molar-refractivity contribution in [2.75, 3.05) is 19.6 Å². The zero-order valence-electron chi connectivity index (χ0n) is 21.4. The van der Waals surface area contributed by atoms with Gasteiger partial charge in [0.05, 0.1) is 11.1 Å². The van der Waals surface area contributed by atoms with Crippen molar-refractivity contribution in [3.8, 4) is 39.8 Å². The fraction of sp³-hybridized carbons (Fsp3) is 0.429. The van der Waals surface area contributed by atoms with Gasteiger partial charge in [-0.3, -0.25) is 4.90 Å². The SMILES string of the molecule is CCNC(=O)Oc1noc(-c2cc(C(C)(C)C)c(O)cc2O)c1-c1ccc(CN2CCCCC2)cc1. The number of aromatic hydroxyl groups is 2. The highest BCUT2D eigenvalue weighted by atomic mass is 16.6. The largest absolute Gasteiger partial charge is 0.508 e. The number of carbonyl (C=O) groups is 1. The third-order valence-corrected chi connectivity index (χ3v) is 6.44. The van der Waals surface area contributed by atoms with Gasteiger partial charge in [0.15, 0.2) is 5.76 Å². The molecular weight excluding hydrogens is 458 g/mol. The van der Waals surface area contributed by atoms with Crippen molar-refractivity contribution in [1.82, 2.24) is 15.4 Å². The topological polar surface area (TPSA) is 108 Å². The normalized spacial score (nSPS) is 14.6. The molecule has 1 saturated heterocycles. The van der Waals surface area contributed by atoms with E-state index in [1.807, 2.05) is 45.0 Å². The van der Waals surface area contributed by atoms with Crippen LogP contribution in [0.4, 0.5) is 4.79 Å². The molecular formula is C28H35N3O5. The fourth-order valence-electron chi connectivity index (χ4n) is 4.56. The summed E-state index contributed by atoms with van der Waals surface area (Å²) < 4.78 is 11.1. The average molecular weight is 494 g/mol.